The predicted octanol–water partition coefficient (Wildman–Crippen LogP) is 4.99. The van der Waals surface area contributed by atoms with Crippen molar-refractivity contribution in [3.63, 3.8) is 0 Å². The Kier molecular flexibility index (Phi) is 4.90. The first-order valence-corrected chi connectivity index (χ1v) is 14.5. The predicted molar refractivity (Wildman–Crippen MR) is 144 cm³/mol. The number of fused-ring (bicyclic) bond motifs is 4. The fourth-order valence-electron chi connectivity index (χ4n) is 9.82. The topological polar surface area (TPSA) is 71.0 Å². The number of hydrogen-bond donors (Lipinski definition) is 1. The summed E-state index contributed by atoms with van der Waals surface area (Å²) < 4.78 is 2.00. The van der Waals surface area contributed by atoms with E-state index in [0.717, 1.165) is 59.5 Å². The van der Waals surface area contributed by atoms with Crippen LogP contribution < -0.4 is 11.1 Å². The summed E-state index contributed by atoms with van der Waals surface area (Å²) in [5.74, 6) is 4.83. The molecule has 5 aliphatic rings. The highest BCUT2D eigenvalue weighted by atomic mass is 16.1. The lowest BCUT2D eigenvalue weighted by atomic mass is 9.62. The van der Waals surface area contributed by atoms with Crippen molar-refractivity contribution in [1.29, 1.82) is 0 Å². The van der Waals surface area contributed by atoms with E-state index >= 15 is 0 Å². The lowest BCUT2D eigenvalue weighted by Crippen LogP contribution is -2.52. The molecule has 6 heteroatoms. The highest BCUT2D eigenvalue weighted by Gasteiger charge is 2.56. The van der Waals surface area contributed by atoms with E-state index in [2.05, 4.69) is 16.8 Å². The molecule has 3 saturated carbocycles. The normalized spacial score (nSPS) is 38.5. The highest BCUT2D eigenvalue weighted by molar-refractivity contribution is 5.77. The van der Waals surface area contributed by atoms with Crippen LogP contribution in [-0.4, -0.2) is 37.6 Å². The van der Waals surface area contributed by atoms with E-state index in [4.69, 9.17) is 4.98 Å². The summed E-state index contributed by atoms with van der Waals surface area (Å²) in [5.41, 5.74) is 1.90. The second kappa shape index (κ2) is 8.13. The number of hydrogen-bond acceptors (Lipinski definition) is 4. The van der Waals surface area contributed by atoms with Crippen molar-refractivity contribution >= 4 is 11.0 Å². The van der Waals surface area contributed by atoms with Gasteiger partial charge >= 0.3 is 0 Å². The van der Waals surface area contributed by atoms with Gasteiger partial charge in [-0.1, -0.05) is 19.1 Å². The number of pyridine rings is 1. The standard InChI is InChI=1S/C31H36N4O2/c1-17-18-11-19-12-20(28(17)19)14-23(13-18)34-21-8-9-22(34)16-24(15-21)35-27-7-3-2-6-26(27)33-29(31(35)37)25-5-4-10-32-30(25)36/h2-7,10,17-24,28H,8-9,11-16H2,1H3,(H,32,36)/t17?,18-,19+,20+,21-,22+,23-,24?,28?/m1/s1. The summed E-state index contributed by atoms with van der Waals surface area (Å²) in [4.78, 5) is 37.0. The van der Waals surface area contributed by atoms with Crippen molar-refractivity contribution in [2.45, 2.75) is 82.5 Å². The minimum atomic E-state index is -0.265. The number of rotatable bonds is 3. The van der Waals surface area contributed by atoms with E-state index in [1.54, 1.807) is 18.3 Å². The second-order valence-electron chi connectivity index (χ2n) is 12.8. The first kappa shape index (κ1) is 22.3. The van der Waals surface area contributed by atoms with Crippen molar-refractivity contribution in [2.75, 3.05) is 0 Å². The second-order valence-corrected chi connectivity index (χ2v) is 12.8. The van der Waals surface area contributed by atoms with Crippen LogP contribution in [0.1, 0.15) is 64.3 Å². The molecule has 8 rings (SSSR count). The lowest BCUT2D eigenvalue weighted by molar-refractivity contribution is 0.00589. The molecule has 2 saturated heterocycles. The molecule has 4 bridgehead atoms. The molecule has 0 spiro atoms. The fraction of sp³-hybridized carbons (Fsp3) is 0.581. The molecule has 1 aromatic carbocycles. The van der Waals surface area contributed by atoms with E-state index in [0.29, 0.717) is 17.6 Å². The third-order valence-electron chi connectivity index (χ3n) is 11.2. The van der Waals surface area contributed by atoms with Gasteiger partial charge in [-0.2, -0.15) is 0 Å². The number of nitrogens with zero attached hydrogens (tertiary/aromatic N) is 3. The zero-order chi connectivity index (χ0) is 24.8. The Balaban J connectivity index is 1.15. The number of nitrogens with one attached hydrogen (secondary N) is 1. The zero-order valence-electron chi connectivity index (χ0n) is 21.6. The number of aromatic nitrogens is 3. The van der Waals surface area contributed by atoms with Gasteiger partial charge in [-0.25, -0.2) is 4.98 Å². The summed E-state index contributed by atoms with van der Waals surface area (Å²) in [6, 6.07) is 13.4. The average Bonchev–Trinajstić information content (AvgIpc) is 3.22. The number of piperidine rings is 1. The molecule has 5 fully saturated rings. The van der Waals surface area contributed by atoms with Crippen molar-refractivity contribution in [2.24, 2.45) is 29.6 Å². The van der Waals surface area contributed by atoms with Crippen LogP contribution in [0.2, 0.25) is 0 Å². The number of benzene rings is 1. The van der Waals surface area contributed by atoms with Crippen LogP contribution >= 0.6 is 0 Å². The summed E-state index contributed by atoms with van der Waals surface area (Å²) in [6.45, 7) is 2.54. The first-order chi connectivity index (χ1) is 18.1. The molecule has 3 unspecified atom stereocenters. The van der Waals surface area contributed by atoms with E-state index in [-0.39, 0.29) is 22.9 Å². The summed E-state index contributed by atoms with van der Waals surface area (Å²) >= 11 is 0. The van der Waals surface area contributed by atoms with Crippen molar-refractivity contribution in [3.05, 3.63) is 63.3 Å². The van der Waals surface area contributed by atoms with E-state index in [1.165, 1.54) is 38.5 Å². The van der Waals surface area contributed by atoms with Gasteiger partial charge in [0.1, 0.15) is 5.69 Å². The maximum atomic E-state index is 14.0. The molecule has 0 amide bonds. The van der Waals surface area contributed by atoms with Gasteiger partial charge in [0.05, 0.1) is 16.6 Å². The van der Waals surface area contributed by atoms with Crippen molar-refractivity contribution < 1.29 is 0 Å². The molecular formula is C31H36N4O2. The monoisotopic (exact) mass is 496 g/mol. The Bertz CT molecular complexity index is 1480. The molecule has 3 aliphatic carbocycles. The van der Waals surface area contributed by atoms with Crippen LogP contribution in [-0.2, 0) is 0 Å². The molecule has 1 N–H and O–H groups in total. The van der Waals surface area contributed by atoms with Crippen LogP contribution in [0.15, 0.2) is 52.2 Å². The van der Waals surface area contributed by atoms with Crippen LogP contribution in [0.25, 0.3) is 22.3 Å². The molecule has 3 aromatic rings. The number of H-pyrrole nitrogens is 1. The van der Waals surface area contributed by atoms with Gasteiger partial charge in [0, 0.05) is 30.4 Å². The molecule has 2 aliphatic heterocycles. The molecule has 0 radical (unpaired) electrons. The Hall–Kier alpha value is -2.73. The third kappa shape index (κ3) is 3.24. The molecule has 4 heterocycles. The zero-order valence-corrected chi connectivity index (χ0v) is 21.6. The highest BCUT2D eigenvalue weighted by Crippen LogP contribution is 2.62. The van der Waals surface area contributed by atoms with Gasteiger partial charge in [-0.15, -0.1) is 0 Å². The van der Waals surface area contributed by atoms with Gasteiger partial charge in [-0.05, 0) is 105 Å². The minimum absolute atomic E-state index is 0.130. The Labute approximate surface area is 217 Å². The van der Waals surface area contributed by atoms with Gasteiger partial charge < -0.3 is 9.55 Å². The summed E-state index contributed by atoms with van der Waals surface area (Å²) in [7, 11) is 0. The quantitative estimate of drug-likeness (QED) is 0.555. The Morgan fingerprint density at radius 1 is 0.811 bits per heavy atom. The van der Waals surface area contributed by atoms with Gasteiger partial charge in [0.25, 0.3) is 11.1 Å². The molecule has 192 valence electrons. The average molecular weight is 497 g/mol. The van der Waals surface area contributed by atoms with E-state index < -0.39 is 0 Å². The van der Waals surface area contributed by atoms with E-state index in [1.807, 2.05) is 28.8 Å². The Morgan fingerprint density at radius 2 is 1.54 bits per heavy atom. The van der Waals surface area contributed by atoms with Crippen LogP contribution in [0, 0.1) is 29.6 Å². The molecule has 37 heavy (non-hydrogen) atoms. The van der Waals surface area contributed by atoms with Crippen LogP contribution in [0.4, 0.5) is 0 Å². The molecule has 2 aromatic heterocycles. The largest absolute Gasteiger partial charge is 0.329 e. The smallest absolute Gasteiger partial charge is 0.278 e. The third-order valence-corrected chi connectivity index (χ3v) is 11.2. The number of aromatic amines is 1. The van der Waals surface area contributed by atoms with E-state index in [9.17, 15) is 9.59 Å². The minimum Gasteiger partial charge on any atom is -0.329 e. The first-order valence-electron chi connectivity index (χ1n) is 14.5. The SMILES string of the molecule is CC1C2[C@H]3C[C@@H]1C[C@@H](N1[C@@H]4CC[C@H]1CC(n1c(=O)c(-c5ccc[nH]c5=O)nc5ccccc51)C4)C[C@@H]2C3. The van der Waals surface area contributed by atoms with Gasteiger partial charge in [0.15, 0.2) is 0 Å². The maximum Gasteiger partial charge on any atom is 0.278 e. The molecular weight excluding hydrogens is 460 g/mol. The Morgan fingerprint density at radius 3 is 2.35 bits per heavy atom. The summed E-state index contributed by atoms with van der Waals surface area (Å²) in [5, 5.41) is 0. The molecule has 6 nitrogen and oxygen atoms in total. The van der Waals surface area contributed by atoms with Gasteiger partial charge in [0.2, 0.25) is 0 Å². The molecule has 9 atom stereocenters. The van der Waals surface area contributed by atoms with Crippen LogP contribution in [0.3, 0.4) is 0 Å². The summed E-state index contributed by atoms with van der Waals surface area (Å²) in [6.07, 6.45) is 11.9. The lowest BCUT2D eigenvalue weighted by Gasteiger charge is -2.49. The maximum absolute atomic E-state index is 14.0. The fourth-order valence-corrected chi connectivity index (χ4v) is 9.82. The van der Waals surface area contributed by atoms with Crippen molar-refractivity contribution in [3.8, 4) is 11.3 Å². The van der Waals surface area contributed by atoms with Crippen molar-refractivity contribution in [1.82, 2.24) is 19.4 Å². The van der Waals surface area contributed by atoms with Gasteiger partial charge in [-0.3, -0.25) is 14.5 Å². The van der Waals surface area contributed by atoms with Crippen LogP contribution in [0.5, 0.6) is 0 Å². The number of para-hydroxylation sites is 2.